The number of ether oxygens (including phenoxy) is 2. The van der Waals surface area contributed by atoms with Gasteiger partial charge in [0, 0.05) is 25.6 Å². The van der Waals surface area contributed by atoms with E-state index < -0.39 is 45.4 Å². The first-order valence-corrected chi connectivity index (χ1v) is 16.0. The van der Waals surface area contributed by atoms with Crippen LogP contribution in [0.1, 0.15) is 53.5 Å². The summed E-state index contributed by atoms with van der Waals surface area (Å²) in [7, 11) is -2.47. The Morgan fingerprint density at radius 2 is 1.65 bits per heavy atom. The number of rotatable bonds is 13. The van der Waals surface area contributed by atoms with Crippen molar-refractivity contribution < 1.29 is 32.6 Å². The number of benzene rings is 2. The minimum Gasteiger partial charge on any atom is -0.454 e. The van der Waals surface area contributed by atoms with Gasteiger partial charge in [0.25, 0.3) is 5.91 Å². The van der Waals surface area contributed by atoms with E-state index in [1.165, 1.54) is 21.4 Å². The van der Waals surface area contributed by atoms with Gasteiger partial charge in [-0.3, -0.25) is 15.0 Å². The van der Waals surface area contributed by atoms with Crippen molar-refractivity contribution in [1.82, 2.24) is 20.1 Å². The molecule has 0 aromatic heterocycles. The molecule has 1 heterocycles. The van der Waals surface area contributed by atoms with Gasteiger partial charge in [0.2, 0.25) is 22.7 Å². The van der Waals surface area contributed by atoms with Gasteiger partial charge in [-0.15, -0.1) is 0 Å². The van der Waals surface area contributed by atoms with Crippen molar-refractivity contribution in [1.29, 1.82) is 0 Å². The number of carbonyl (C=O) groups excluding carboxylic acids is 2. The van der Waals surface area contributed by atoms with Crippen molar-refractivity contribution in [3.8, 4) is 11.5 Å². The third-order valence-electron chi connectivity index (χ3n) is 7.01. The van der Waals surface area contributed by atoms with Gasteiger partial charge < -0.3 is 19.9 Å². The molecule has 2 aromatic rings. The molecule has 0 aliphatic carbocycles. The molecule has 2 amide bonds. The van der Waals surface area contributed by atoms with Gasteiger partial charge >= 0.3 is 0 Å². The Balaban J connectivity index is 2.03. The molecule has 1 aliphatic heterocycles. The highest BCUT2D eigenvalue weighted by molar-refractivity contribution is 7.89. The minimum atomic E-state index is -4.10. The van der Waals surface area contributed by atoms with Crippen molar-refractivity contribution in [2.24, 2.45) is 11.3 Å². The lowest BCUT2D eigenvalue weighted by Crippen LogP contribution is -2.61. The van der Waals surface area contributed by atoms with E-state index in [4.69, 9.17) is 9.47 Å². The summed E-state index contributed by atoms with van der Waals surface area (Å²) in [5.74, 6) is -0.135. The number of nitrogens with zero attached hydrogens (tertiary/aromatic N) is 2. The highest BCUT2D eigenvalue weighted by Gasteiger charge is 2.37. The lowest BCUT2D eigenvalue weighted by atomic mass is 9.91. The summed E-state index contributed by atoms with van der Waals surface area (Å²) < 4.78 is 39.8. The van der Waals surface area contributed by atoms with Crippen molar-refractivity contribution >= 4 is 21.8 Å². The van der Waals surface area contributed by atoms with Crippen LogP contribution in [0.4, 0.5) is 0 Å². The molecule has 1 aliphatic rings. The summed E-state index contributed by atoms with van der Waals surface area (Å²) in [5, 5.41) is 15.9. The SMILES string of the molecule is CN[C@H](C)C(=O)NN(C(=O)CC(C)(C)C)C(Cc1ccccc1)[C@H](O)CN(CC(C)C)S(=O)(=O)c1ccc2c(c1)OCO2. The molecule has 0 saturated carbocycles. The molecular formula is C31H46N4O7S. The number of hydrogen-bond donors (Lipinski definition) is 3. The zero-order valence-corrected chi connectivity index (χ0v) is 27.0. The summed E-state index contributed by atoms with van der Waals surface area (Å²) in [6.45, 7) is 11.0. The number of hydrazine groups is 1. The van der Waals surface area contributed by atoms with Gasteiger partial charge in [0.15, 0.2) is 11.5 Å². The van der Waals surface area contributed by atoms with E-state index in [2.05, 4.69) is 10.7 Å². The molecule has 12 heteroatoms. The third kappa shape index (κ3) is 9.40. The minimum absolute atomic E-state index is 0.000946. The van der Waals surface area contributed by atoms with E-state index in [9.17, 15) is 23.1 Å². The number of aliphatic hydroxyl groups is 1. The highest BCUT2D eigenvalue weighted by Crippen LogP contribution is 2.35. The van der Waals surface area contributed by atoms with Crippen molar-refractivity contribution in [2.75, 3.05) is 26.9 Å². The second-order valence-corrected chi connectivity index (χ2v) is 14.5. The molecule has 0 spiro atoms. The van der Waals surface area contributed by atoms with Crippen LogP contribution in [-0.2, 0) is 26.0 Å². The number of fused-ring (bicyclic) bond motifs is 1. The zero-order chi connectivity index (χ0) is 31.9. The second kappa shape index (κ2) is 14.5. The monoisotopic (exact) mass is 618 g/mol. The molecule has 3 atom stereocenters. The predicted molar refractivity (Wildman–Crippen MR) is 164 cm³/mol. The molecule has 3 N–H and O–H groups in total. The summed E-state index contributed by atoms with van der Waals surface area (Å²) in [4.78, 5) is 26.8. The van der Waals surface area contributed by atoms with Gasteiger partial charge in [0.1, 0.15) is 0 Å². The van der Waals surface area contributed by atoms with E-state index in [0.717, 1.165) is 5.56 Å². The maximum atomic E-state index is 13.9. The van der Waals surface area contributed by atoms with Crippen molar-refractivity contribution in [3.05, 3.63) is 54.1 Å². The van der Waals surface area contributed by atoms with Crippen LogP contribution in [0, 0.1) is 11.3 Å². The molecule has 0 bridgehead atoms. The lowest BCUT2D eigenvalue weighted by molar-refractivity contribution is -0.150. The number of aliphatic hydroxyl groups excluding tert-OH is 1. The number of sulfonamides is 1. The van der Waals surface area contributed by atoms with Crippen LogP contribution in [0.3, 0.4) is 0 Å². The quantitative estimate of drug-likeness (QED) is 0.292. The Morgan fingerprint density at radius 1 is 1.00 bits per heavy atom. The van der Waals surface area contributed by atoms with Gasteiger partial charge in [-0.2, -0.15) is 4.31 Å². The molecular weight excluding hydrogens is 572 g/mol. The van der Waals surface area contributed by atoms with E-state index in [-0.39, 0.29) is 43.5 Å². The summed E-state index contributed by atoms with van der Waals surface area (Å²) in [5.41, 5.74) is 3.12. The third-order valence-corrected chi connectivity index (χ3v) is 8.84. The normalized spacial score (nSPS) is 15.3. The maximum absolute atomic E-state index is 13.9. The topological polar surface area (TPSA) is 138 Å². The predicted octanol–water partition coefficient (Wildman–Crippen LogP) is 2.94. The Labute approximate surface area is 255 Å². The van der Waals surface area contributed by atoms with Crippen molar-refractivity contribution in [2.45, 2.75) is 77.5 Å². The molecule has 11 nitrogen and oxygen atoms in total. The number of likely N-dealkylation sites (N-methyl/N-ethyl adjacent to an activating group) is 1. The molecule has 43 heavy (non-hydrogen) atoms. The van der Waals surface area contributed by atoms with Crippen LogP contribution in [-0.4, -0.2) is 79.8 Å². The summed E-state index contributed by atoms with van der Waals surface area (Å²) in [6.07, 6.45) is -1.10. The Kier molecular flexibility index (Phi) is 11.6. The summed E-state index contributed by atoms with van der Waals surface area (Å²) in [6, 6.07) is 12.1. The van der Waals surface area contributed by atoms with Gasteiger partial charge in [-0.1, -0.05) is 65.0 Å². The molecule has 0 fully saturated rings. The fourth-order valence-corrected chi connectivity index (χ4v) is 6.30. The fraction of sp³-hybridized carbons (Fsp3) is 0.548. The molecule has 1 unspecified atom stereocenters. The Morgan fingerprint density at radius 3 is 2.26 bits per heavy atom. The molecule has 0 saturated heterocycles. The number of carbonyl (C=O) groups is 2. The number of nitrogens with one attached hydrogen (secondary N) is 2. The largest absolute Gasteiger partial charge is 0.454 e. The second-order valence-electron chi connectivity index (χ2n) is 12.5. The van der Waals surface area contributed by atoms with Crippen LogP contribution < -0.4 is 20.2 Å². The van der Waals surface area contributed by atoms with Crippen LogP contribution in [0.5, 0.6) is 11.5 Å². The Hall–Kier alpha value is -3.19. The highest BCUT2D eigenvalue weighted by atomic mass is 32.2. The van der Waals surface area contributed by atoms with Gasteiger partial charge in [-0.25, -0.2) is 13.4 Å². The van der Waals surface area contributed by atoms with Crippen molar-refractivity contribution in [3.63, 3.8) is 0 Å². The first-order valence-electron chi connectivity index (χ1n) is 14.5. The van der Waals surface area contributed by atoms with Crippen LogP contribution in [0.15, 0.2) is 53.4 Å². The van der Waals surface area contributed by atoms with Crippen LogP contribution in [0.25, 0.3) is 0 Å². The average molecular weight is 619 g/mol. The number of hydrogen-bond acceptors (Lipinski definition) is 8. The van der Waals surface area contributed by atoms with Crippen LogP contribution in [0.2, 0.25) is 0 Å². The maximum Gasteiger partial charge on any atom is 0.255 e. The first kappa shape index (κ1) is 34.3. The average Bonchev–Trinajstić information content (AvgIpc) is 3.41. The smallest absolute Gasteiger partial charge is 0.255 e. The number of amides is 2. The standard InChI is InChI=1S/C31H46N4O7S/c1-21(2)18-34(43(39,40)24-13-14-27-28(16-24)42-20-41-27)19-26(36)25(15-23-11-9-8-10-12-23)35(29(37)17-31(4,5)6)33-30(38)22(3)32-7/h8-14,16,21-22,25-26,32,36H,15,17-20H2,1-7H3,(H,33,38)/t22-,25?,26-/m1/s1. The Bertz CT molecular complexity index is 1350. The molecule has 3 rings (SSSR count). The zero-order valence-electron chi connectivity index (χ0n) is 26.2. The van der Waals surface area contributed by atoms with E-state index in [1.54, 1.807) is 20.0 Å². The van der Waals surface area contributed by atoms with E-state index in [1.807, 2.05) is 65.0 Å². The molecule has 2 aromatic carbocycles. The van der Waals surface area contributed by atoms with E-state index >= 15 is 0 Å². The van der Waals surface area contributed by atoms with Gasteiger partial charge in [0.05, 0.1) is 23.1 Å². The first-order chi connectivity index (χ1) is 20.1. The fourth-order valence-electron chi connectivity index (χ4n) is 4.67. The molecule has 238 valence electrons. The van der Waals surface area contributed by atoms with E-state index in [0.29, 0.717) is 11.5 Å². The molecule has 0 radical (unpaired) electrons. The summed E-state index contributed by atoms with van der Waals surface area (Å²) >= 11 is 0. The van der Waals surface area contributed by atoms with Crippen LogP contribution >= 0.6 is 0 Å². The van der Waals surface area contributed by atoms with Gasteiger partial charge in [-0.05, 0) is 49.4 Å². The lowest BCUT2D eigenvalue weighted by Gasteiger charge is -2.38.